The van der Waals surface area contributed by atoms with Crippen LogP contribution in [0.5, 0.6) is 0 Å². The average Bonchev–Trinajstić information content (AvgIpc) is 2.53. The van der Waals surface area contributed by atoms with Crippen LogP contribution in [0.4, 0.5) is 0 Å². The molecular formula is C20H38O2. The van der Waals surface area contributed by atoms with Crippen molar-refractivity contribution in [3.63, 3.8) is 0 Å². The van der Waals surface area contributed by atoms with Gasteiger partial charge in [-0.25, -0.2) is 0 Å². The number of ether oxygens (including phenoxy) is 1. The Hall–Kier alpha value is -0.790. The van der Waals surface area contributed by atoms with Crippen LogP contribution in [0.25, 0.3) is 0 Å². The first-order valence-electron chi connectivity index (χ1n) is 9.57. The highest BCUT2D eigenvalue weighted by molar-refractivity contribution is 5.69. The lowest BCUT2D eigenvalue weighted by atomic mass is 10.0. The SMILES string of the molecule is C=CCCCCCCCCCCCCCCC(=O)OCCC. The number of rotatable bonds is 17. The molecule has 0 atom stereocenters. The van der Waals surface area contributed by atoms with Crippen LogP contribution in [-0.4, -0.2) is 12.6 Å². The molecule has 0 aliphatic rings. The molecule has 0 aliphatic carbocycles. The molecule has 2 nitrogen and oxygen atoms in total. The standard InChI is InChI=1S/C20H38O2/c1-3-5-6-7-8-9-10-11-12-13-14-15-16-17-18-20(21)22-19-4-2/h3H,1,4-19H2,2H3. The van der Waals surface area contributed by atoms with Crippen molar-refractivity contribution in [2.45, 2.75) is 103 Å². The molecular weight excluding hydrogens is 272 g/mol. The minimum atomic E-state index is -0.0186. The fourth-order valence-corrected chi connectivity index (χ4v) is 2.61. The molecule has 0 unspecified atom stereocenters. The van der Waals surface area contributed by atoms with E-state index in [-0.39, 0.29) is 5.97 Å². The molecule has 0 fully saturated rings. The number of hydrogen-bond acceptors (Lipinski definition) is 2. The molecule has 0 radical (unpaired) electrons. The zero-order valence-electron chi connectivity index (χ0n) is 14.9. The maximum absolute atomic E-state index is 11.3. The third-order valence-corrected chi connectivity index (χ3v) is 4.01. The van der Waals surface area contributed by atoms with Gasteiger partial charge >= 0.3 is 5.97 Å². The molecule has 22 heavy (non-hydrogen) atoms. The minimum absolute atomic E-state index is 0.0186. The lowest BCUT2D eigenvalue weighted by Crippen LogP contribution is -2.04. The van der Waals surface area contributed by atoms with E-state index >= 15 is 0 Å². The zero-order chi connectivity index (χ0) is 16.3. The van der Waals surface area contributed by atoms with Gasteiger partial charge in [-0.3, -0.25) is 4.79 Å². The average molecular weight is 311 g/mol. The van der Waals surface area contributed by atoms with E-state index in [2.05, 4.69) is 6.58 Å². The summed E-state index contributed by atoms with van der Waals surface area (Å²) in [5.41, 5.74) is 0. The lowest BCUT2D eigenvalue weighted by Gasteiger charge is -2.04. The van der Waals surface area contributed by atoms with Gasteiger partial charge in [0.15, 0.2) is 0 Å². The second kappa shape index (κ2) is 18.3. The van der Waals surface area contributed by atoms with Crippen LogP contribution in [-0.2, 0) is 9.53 Å². The molecule has 130 valence electrons. The quantitative estimate of drug-likeness (QED) is 0.172. The Morgan fingerprint density at radius 1 is 0.818 bits per heavy atom. The van der Waals surface area contributed by atoms with Crippen LogP contribution in [0.1, 0.15) is 103 Å². The second-order valence-corrected chi connectivity index (χ2v) is 6.29. The van der Waals surface area contributed by atoms with Crippen LogP contribution in [0.2, 0.25) is 0 Å². The fourth-order valence-electron chi connectivity index (χ4n) is 2.61. The molecule has 0 saturated heterocycles. The van der Waals surface area contributed by atoms with Crippen LogP contribution >= 0.6 is 0 Å². The summed E-state index contributed by atoms with van der Waals surface area (Å²) < 4.78 is 5.06. The van der Waals surface area contributed by atoms with E-state index in [0.717, 1.165) is 12.8 Å². The van der Waals surface area contributed by atoms with Crippen molar-refractivity contribution in [1.82, 2.24) is 0 Å². The summed E-state index contributed by atoms with van der Waals surface area (Å²) in [4.78, 5) is 11.3. The van der Waals surface area contributed by atoms with Gasteiger partial charge in [0.1, 0.15) is 0 Å². The Morgan fingerprint density at radius 2 is 1.27 bits per heavy atom. The summed E-state index contributed by atoms with van der Waals surface area (Å²) in [6.07, 6.45) is 20.5. The molecule has 0 N–H and O–H groups in total. The number of carbonyl (C=O) groups excluding carboxylic acids is 1. The maximum Gasteiger partial charge on any atom is 0.305 e. The Balaban J connectivity index is 3.05. The fraction of sp³-hybridized carbons (Fsp3) is 0.850. The van der Waals surface area contributed by atoms with Gasteiger partial charge in [-0.1, -0.05) is 77.2 Å². The summed E-state index contributed by atoms with van der Waals surface area (Å²) in [6.45, 7) is 6.35. The summed E-state index contributed by atoms with van der Waals surface area (Å²) in [7, 11) is 0. The van der Waals surface area contributed by atoms with Crippen molar-refractivity contribution in [3.8, 4) is 0 Å². The van der Waals surface area contributed by atoms with Gasteiger partial charge in [0.05, 0.1) is 6.61 Å². The highest BCUT2D eigenvalue weighted by atomic mass is 16.5. The van der Waals surface area contributed by atoms with Gasteiger partial charge in [0.25, 0.3) is 0 Å². The van der Waals surface area contributed by atoms with Crippen LogP contribution in [0.3, 0.4) is 0 Å². The predicted molar refractivity (Wildman–Crippen MR) is 96.1 cm³/mol. The molecule has 0 heterocycles. The molecule has 0 amide bonds. The van der Waals surface area contributed by atoms with Gasteiger partial charge in [-0.2, -0.15) is 0 Å². The number of allylic oxidation sites excluding steroid dienone is 1. The van der Waals surface area contributed by atoms with Crippen LogP contribution < -0.4 is 0 Å². The van der Waals surface area contributed by atoms with E-state index in [1.807, 2.05) is 13.0 Å². The summed E-state index contributed by atoms with van der Waals surface area (Å²) in [5, 5.41) is 0. The molecule has 0 rings (SSSR count). The van der Waals surface area contributed by atoms with Crippen molar-refractivity contribution in [1.29, 1.82) is 0 Å². The van der Waals surface area contributed by atoms with Gasteiger partial charge in [0.2, 0.25) is 0 Å². The largest absolute Gasteiger partial charge is 0.466 e. The van der Waals surface area contributed by atoms with Gasteiger partial charge in [-0.05, 0) is 25.7 Å². The first-order valence-corrected chi connectivity index (χ1v) is 9.57. The first kappa shape index (κ1) is 21.2. The molecule has 2 heteroatoms. The van der Waals surface area contributed by atoms with Gasteiger partial charge in [-0.15, -0.1) is 6.58 Å². The van der Waals surface area contributed by atoms with Crippen molar-refractivity contribution < 1.29 is 9.53 Å². The van der Waals surface area contributed by atoms with Crippen molar-refractivity contribution in [3.05, 3.63) is 12.7 Å². The molecule has 0 aromatic carbocycles. The number of esters is 1. The van der Waals surface area contributed by atoms with Crippen LogP contribution in [0, 0.1) is 0 Å². The second-order valence-electron chi connectivity index (χ2n) is 6.29. The topological polar surface area (TPSA) is 26.3 Å². The monoisotopic (exact) mass is 310 g/mol. The van der Waals surface area contributed by atoms with E-state index in [1.165, 1.54) is 77.0 Å². The third kappa shape index (κ3) is 17.3. The van der Waals surface area contributed by atoms with E-state index in [4.69, 9.17) is 4.74 Å². The van der Waals surface area contributed by atoms with E-state index in [1.54, 1.807) is 0 Å². The smallest absolute Gasteiger partial charge is 0.305 e. The molecule has 0 aliphatic heterocycles. The summed E-state index contributed by atoms with van der Waals surface area (Å²) >= 11 is 0. The highest BCUT2D eigenvalue weighted by Crippen LogP contribution is 2.13. The lowest BCUT2D eigenvalue weighted by molar-refractivity contribution is -0.143. The molecule has 0 saturated carbocycles. The van der Waals surface area contributed by atoms with Crippen molar-refractivity contribution in [2.24, 2.45) is 0 Å². The Kier molecular flexibility index (Phi) is 17.6. The summed E-state index contributed by atoms with van der Waals surface area (Å²) in [6, 6.07) is 0. The van der Waals surface area contributed by atoms with E-state index in [9.17, 15) is 4.79 Å². The van der Waals surface area contributed by atoms with Crippen molar-refractivity contribution >= 4 is 5.97 Å². The molecule has 0 aromatic rings. The number of carbonyl (C=O) groups is 1. The number of hydrogen-bond donors (Lipinski definition) is 0. The molecule has 0 aromatic heterocycles. The highest BCUT2D eigenvalue weighted by Gasteiger charge is 2.01. The third-order valence-electron chi connectivity index (χ3n) is 4.01. The van der Waals surface area contributed by atoms with Gasteiger partial charge < -0.3 is 4.74 Å². The maximum atomic E-state index is 11.3. The Bertz CT molecular complexity index is 248. The Morgan fingerprint density at radius 3 is 1.73 bits per heavy atom. The molecule has 0 bridgehead atoms. The minimum Gasteiger partial charge on any atom is -0.466 e. The molecule has 0 spiro atoms. The van der Waals surface area contributed by atoms with E-state index < -0.39 is 0 Å². The zero-order valence-corrected chi connectivity index (χ0v) is 14.9. The predicted octanol–water partition coefficient (Wildman–Crippen LogP) is 6.59. The van der Waals surface area contributed by atoms with Gasteiger partial charge in [0, 0.05) is 6.42 Å². The normalized spacial score (nSPS) is 10.6. The van der Waals surface area contributed by atoms with Crippen LogP contribution in [0.15, 0.2) is 12.7 Å². The van der Waals surface area contributed by atoms with Crippen molar-refractivity contribution in [2.75, 3.05) is 6.61 Å². The summed E-state index contributed by atoms with van der Waals surface area (Å²) in [5.74, 6) is -0.0186. The first-order chi connectivity index (χ1) is 10.8. The Labute approximate surface area is 138 Å². The van der Waals surface area contributed by atoms with E-state index in [0.29, 0.717) is 13.0 Å². The number of unbranched alkanes of at least 4 members (excludes halogenated alkanes) is 12.